The third-order valence-electron chi connectivity index (χ3n) is 7.06. The van der Waals surface area contributed by atoms with Gasteiger partial charge < -0.3 is 24.4 Å². The Kier molecular flexibility index (Phi) is 6.91. The molecule has 0 radical (unpaired) electrons. The molecule has 8 heteroatoms. The fraction of sp³-hybridized carbons (Fsp3) is 0.233. The molecule has 38 heavy (non-hydrogen) atoms. The van der Waals surface area contributed by atoms with Gasteiger partial charge in [-0.15, -0.1) is 0 Å². The first kappa shape index (κ1) is 25.5. The number of carbonyl (C=O) groups excluding carboxylic acids is 1. The Morgan fingerprint density at radius 2 is 1.76 bits per heavy atom. The summed E-state index contributed by atoms with van der Waals surface area (Å²) in [7, 11) is 5.45. The van der Waals surface area contributed by atoms with Crippen molar-refractivity contribution in [2.24, 2.45) is 0 Å². The largest absolute Gasteiger partial charge is 0.465 e. The minimum absolute atomic E-state index is 0.133. The molecule has 3 heterocycles. The van der Waals surface area contributed by atoms with Gasteiger partial charge >= 0.3 is 5.97 Å². The van der Waals surface area contributed by atoms with E-state index in [9.17, 15) is 4.79 Å². The molecule has 1 aliphatic rings. The summed E-state index contributed by atoms with van der Waals surface area (Å²) in [5.74, 6) is -0.359. The average Bonchev–Trinajstić information content (AvgIpc) is 3.43. The van der Waals surface area contributed by atoms with E-state index in [2.05, 4.69) is 68.8 Å². The number of anilines is 2. The number of pyridine rings is 1. The monoisotopic (exact) mass is 525 g/mol. The number of carbonyl (C=O) groups is 1. The molecule has 194 valence electrons. The number of benzene rings is 2. The number of esters is 1. The van der Waals surface area contributed by atoms with E-state index < -0.39 is 0 Å². The zero-order valence-electron chi connectivity index (χ0n) is 22.2. The predicted molar refractivity (Wildman–Crippen MR) is 155 cm³/mol. The Morgan fingerprint density at radius 1 is 1.00 bits per heavy atom. The highest BCUT2D eigenvalue weighted by Gasteiger charge is 2.42. The highest BCUT2D eigenvalue weighted by atomic mass is 32.1. The molecule has 0 spiro atoms. The van der Waals surface area contributed by atoms with Gasteiger partial charge in [0.25, 0.3) is 0 Å². The molecular weight excluding hydrogens is 494 g/mol. The molecule has 1 aliphatic heterocycles. The Hall–Kier alpha value is -4.17. The van der Waals surface area contributed by atoms with E-state index in [0.717, 1.165) is 39.7 Å². The third kappa shape index (κ3) is 4.52. The maximum Gasteiger partial charge on any atom is 0.337 e. The minimum atomic E-state index is -0.359. The molecule has 0 saturated carbocycles. The van der Waals surface area contributed by atoms with Gasteiger partial charge in [0, 0.05) is 48.7 Å². The smallest absolute Gasteiger partial charge is 0.337 e. The Balaban J connectivity index is 1.64. The summed E-state index contributed by atoms with van der Waals surface area (Å²) < 4.78 is 7.12. The normalized spacial score (nSPS) is 16.9. The van der Waals surface area contributed by atoms with Crippen LogP contribution in [0.4, 0.5) is 11.4 Å². The van der Waals surface area contributed by atoms with E-state index in [1.165, 1.54) is 7.11 Å². The lowest BCUT2D eigenvalue weighted by molar-refractivity contribution is 0.0600. The lowest BCUT2D eigenvalue weighted by Gasteiger charge is -2.28. The van der Waals surface area contributed by atoms with Gasteiger partial charge in [-0.05, 0) is 92.3 Å². The first-order valence-corrected chi connectivity index (χ1v) is 12.9. The molecule has 2 atom stereocenters. The summed E-state index contributed by atoms with van der Waals surface area (Å²) in [6, 6.07) is 23.8. The van der Waals surface area contributed by atoms with Gasteiger partial charge in [0.15, 0.2) is 5.11 Å². The quantitative estimate of drug-likeness (QED) is 0.263. The van der Waals surface area contributed by atoms with E-state index in [4.69, 9.17) is 17.0 Å². The van der Waals surface area contributed by atoms with Crippen LogP contribution in [-0.4, -0.2) is 41.8 Å². The average molecular weight is 526 g/mol. The van der Waals surface area contributed by atoms with E-state index in [0.29, 0.717) is 10.7 Å². The Labute approximate surface area is 228 Å². The topological polar surface area (TPSA) is 62.6 Å². The zero-order chi connectivity index (χ0) is 27.0. The number of ether oxygens (including phenoxy) is 1. The molecular formula is C30H31N5O2S. The summed E-state index contributed by atoms with van der Waals surface area (Å²) in [6.07, 6.45) is 1.81. The second-order valence-corrected chi connectivity index (χ2v) is 10.00. The SMILES string of the molecule is COC(=O)c1cccc(-n2c(C)cc([C@H]3[C@@H](c4ccccn4)NC(=S)N3c3ccc(N(C)C)cc3)c2C)c1. The van der Waals surface area contributed by atoms with Crippen molar-refractivity contribution in [2.75, 3.05) is 31.0 Å². The number of thiocarbonyl (C=S) groups is 1. The van der Waals surface area contributed by atoms with E-state index in [-0.39, 0.29) is 18.1 Å². The molecule has 1 fully saturated rings. The van der Waals surface area contributed by atoms with Crippen LogP contribution in [0.5, 0.6) is 0 Å². The van der Waals surface area contributed by atoms with Crippen LogP contribution in [0.2, 0.25) is 0 Å². The fourth-order valence-corrected chi connectivity index (χ4v) is 5.58. The molecule has 0 aliphatic carbocycles. The van der Waals surface area contributed by atoms with Crippen molar-refractivity contribution >= 4 is 34.7 Å². The second-order valence-electron chi connectivity index (χ2n) is 9.61. The summed E-state index contributed by atoms with van der Waals surface area (Å²) in [5, 5.41) is 4.20. The molecule has 0 bridgehead atoms. The van der Waals surface area contributed by atoms with Crippen LogP contribution in [0.1, 0.15) is 45.1 Å². The number of nitrogens with zero attached hydrogens (tertiary/aromatic N) is 4. The highest BCUT2D eigenvalue weighted by molar-refractivity contribution is 7.80. The van der Waals surface area contributed by atoms with Crippen molar-refractivity contribution in [3.63, 3.8) is 0 Å². The Bertz CT molecular complexity index is 1480. The van der Waals surface area contributed by atoms with Crippen molar-refractivity contribution in [1.82, 2.24) is 14.9 Å². The molecule has 7 nitrogen and oxygen atoms in total. The molecule has 2 aromatic heterocycles. The summed E-state index contributed by atoms with van der Waals surface area (Å²) in [5.41, 5.74) is 7.71. The van der Waals surface area contributed by atoms with Crippen molar-refractivity contribution in [2.45, 2.75) is 25.9 Å². The van der Waals surface area contributed by atoms with Gasteiger partial charge in [-0.1, -0.05) is 12.1 Å². The van der Waals surface area contributed by atoms with Crippen LogP contribution >= 0.6 is 12.2 Å². The lowest BCUT2D eigenvalue weighted by Crippen LogP contribution is -2.29. The van der Waals surface area contributed by atoms with Crippen LogP contribution in [-0.2, 0) is 4.74 Å². The zero-order valence-corrected chi connectivity index (χ0v) is 23.0. The van der Waals surface area contributed by atoms with Gasteiger partial charge in [-0.25, -0.2) is 4.79 Å². The number of aromatic nitrogens is 2. The maximum absolute atomic E-state index is 12.2. The number of nitrogens with one attached hydrogen (secondary N) is 1. The van der Waals surface area contributed by atoms with E-state index in [1.807, 2.05) is 56.7 Å². The standard InChI is InChI=1S/C30H31N5O2S/c1-19-17-25(20(2)34(19)24-10-8-9-21(18-24)29(36)37-5)28-27(26-11-6-7-16-31-26)32-30(38)35(28)23-14-12-22(13-15-23)33(3)4/h6-18,27-28H,1-5H3,(H,32,38)/t27-,28+/m1/s1. The number of hydrogen-bond acceptors (Lipinski definition) is 5. The molecule has 1 saturated heterocycles. The van der Waals surface area contributed by atoms with Crippen molar-refractivity contribution in [1.29, 1.82) is 0 Å². The first-order chi connectivity index (χ1) is 18.3. The maximum atomic E-state index is 12.2. The number of aryl methyl sites for hydroxylation is 1. The van der Waals surface area contributed by atoms with Gasteiger partial charge in [0.1, 0.15) is 0 Å². The lowest BCUT2D eigenvalue weighted by atomic mass is 9.96. The van der Waals surface area contributed by atoms with Gasteiger partial charge in [0.05, 0.1) is 30.5 Å². The van der Waals surface area contributed by atoms with Crippen LogP contribution in [0.3, 0.4) is 0 Å². The molecule has 0 unspecified atom stereocenters. The van der Waals surface area contributed by atoms with E-state index in [1.54, 1.807) is 6.07 Å². The summed E-state index contributed by atoms with van der Waals surface area (Å²) >= 11 is 5.91. The van der Waals surface area contributed by atoms with Crippen molar-refractivity contribution < 1.29 is 9.53 Å². The molecule has 5 rings (SSSR count). The number of methoxy groups -OCH3 is 1. The van der Waals surface area contributed by atoms with Crippen LogP contribution < -0.4 is 15.1 Å². The first-order valence-electron chi connectivity index (χ1n) is 12.5. The molecule has 0 amide bonds. The van der Waals surface area contributed by atoms with Crippen molar-refractivity contribution in [3.8, 4) is 5.69 Å². The van der Waals surface area contributed by atoms with Crippen LogP contribution in [0.25, 0.3) is 5.69 Å². The van der Waals surface area contributed by atoms with Crippen LogP contribution in [0.15, 0.2) is 79.0 Å². The second kappa shape index (κ2) is 10.3. The van der Waals surface area contributed by atoms with Crippen LogP contribution in [0, 0.1) is 13.8 Å². The van der Waals surface area contributed by atoms with E-state index >= 15 is 0 Å². The number of rotatable bonds is 6. The molecule has 2 aromatic carbocycles. The minimum Gasteiger partial charge on any atom is -0.465 e. The Morgan fingerprint density at radius 3 is 2.42 bits per heavy atom. The van der Waals surface area contributed by atoms with Gasteiger partial charge in [0.2, 0.25) is 0 Å². The summed E-state index contributed by atoms with van der Waals surface area (Å²) in [4.78, 5) is 21.2. The fourth-order valence-electron chi connectivity index (χ4n) is 5.23. The summed E-state index contributed by atoms with van der Waals surface area (Å²) in [6.45, 7) is 4.19. The van der Waals surface area contributed by atoms with Gasteiger partial charge in [-0.2, -0.15) is 0 Å². The van der Waals surface area contributed by atoms with Gasteiger partial charge in [-0.3, -0.25) is 4.98 Å². The highest BCUT2D eigenvalue weighted by Crippen LogP contribution is 2.44. The molecule has 1 N–H and O–H groups in total. The molecule has 4 aromatic rings. The number of hydrogen-bond donors (Lipinski definition) is 1. The van der Waals surface area contributed by atoms with Crippen molar-refractivity contribution in [3.05, 3.63) is 107 Å². The third-order valence-corrected chi connectivity index (χ3v) is 7.37. The predicted octanol–water partition coefficient (Wildman–Crippen LogP) is 5.52.